The summed E-state index contributed by atoms with van der Waals surface area (Å²) < 4.78 is 0. The van der Waals surface area contributed by atoms with Gasteiger partial charge < -0.3 is 0 Å². The predicted molar refractivity (Wildman–Crippen MR) is 79.6 cm³/mol. The molecule has 0 aromatic carbocycles. The van der Waals surface area contributed by atoms with Crippen LogP contribution in [0.1, 0.15) is 30.2 Å². The fourth-order valence-corrected chi connectivity index (χ4v) is 4.52. The molecule has 0 saturated carbocycles. The van der Waals surface area contributed by atoms with Gasteiger partial charge in [0.05, 0.1) is 0 Å². The molecule has 0 N–H and O–H groups in total. The van der Waals surface area contributed by atoms with Gasteiger partial charge in [0.15, 0.2) is 0 Å². The largest absolute Gasteiger partial charge is 0.229 e. The van der Waals surface area contributed by atoms with E-state index in [0.717, 1.165) is 10.8 Å². The number of aromatic nitrogens is 2. The molecule has 0 unspecified atom stereocenters. The number of hydrogen-bond acceptors (Lipinski definition) is 4. The van der Waals surface area contributed by atoms with Crippen molar-refractivity contribution in [2.75, 3.05) is 5.75 Å². The van der Waals surface area contributed by atoms with Crippen molar-refractivity contribution < 1.29 is 0 Å². The third kappa shape index (κ3) is 2.19. The lowest BCUT2D eigenvalue weighted by atomic mass is 9.97. The summed E-state index contributed by atoms with van der Waals surface area (Å²) in [5, 5.41) is 2.46. The molecule has 1 aliphatic carbocycles. The van der Waals surface area contributed by atoms with Crippen LogP contribution in [0.3, 0.4) is 0 Å². The second-order valence-corrected chi connectivity index (χ2v) is 6.86. The Hall–Kier alpha value is -0.870. The topological polar surface area (TPSA) is 25.8 Å². The maximum absolute atomic E-state index is 4.48. The Bertz CT molecular complexity index is 601. The fraction of sp³-hybridized carbons (Fsp3) is 0.429. The Morgan fingerprint density at radius 1 is 1.39 bits per heavy atom. The van der Waals surface area contributed by atoms with Crippen LogP contribution in [-0.2, 0) is 12.8 Å². The van der Waals surface area contributed by atoms with Crippen LogP contribution in [0.25, 0.3) is 10.2 Å². The summed E-state index contributed by atoms with van der Waals surface area (Å²) >= 11 is 3.65. The number of aryl methyl sites for hydroxylation is 2. The van der Waals surface area contributed by atoms with Crippen LogP contribution in [-0.4, -0.2) is 15.7 Å². The highest BCUT2D eigenvalue weighted by molar-refractivity contribution is 7.99. The smallest absolute Gasteiger partial charge is 0.128 e. The van der Waals surface area contributed by atoms with Gasteiger partial charge in [0.1, 0.15) is 16.2 Å². The molecule has 3 rings (SSSR count). The molecule has 2 aromatic rings. The zero-order valence-electron chi connectivity index (χ0n) is 10.5. The number of rotatable bonds is 3. The van der Waals surface area contributed by atoms with E-state index in [-0.39, 0.29) is 0 Å². The maximum Gasteiger partial charge on any atom is 0.128 e. The second kappa shape index (κ2) is 5.02. The molecule has 0 fully saturated rings. The van der Waals surface area contributed by atoms with Gasteiger partial charge in [0, 0.05) is 16.0 Å². The summed E-state index contributed by atoms with van der Waals surface area (Å²) in [5.41, 5.74) is 2.71. The van der Waals surface area contributed by atoms with Gasteiger partial charge in [-0.15, -0.1) is 23.1 Å². The van der Waals surface area contributed by atoms with Crippen LogP contribution in [0, 0.1) is 0 Å². The van der Waals surface area contributed by atoms with Gasteiger partial charge in [-0.1, -0.05) is 12.2 Å². The normalized spacial score (nSPS) is 14.7. The lowest BCUT2D eigenvalue weighted by Gasteiger charge is -2.11. The van der Waals surface area contributed by atoms with Crippen molar-refractivity contribution in [3.63, 3.8) is 0 Å². The first-order valence-corrected chi connectivity index (χ1v) is 8.08. The number of hydrogen-bond donors (Lipinski definition) is 0. The highest BCUT2D eigenvalue weighted by Crippen LogP contribution is 2.39. The van der Waals surface area contributed by atoms with Gasteiger partial charge >= 0.3 is 0 Å². The summed E-state index contributed by atoms with van der Waals surface area (Å²) in [6, 6.07) is 0. The van der Waals surface area contributed by atoms with E-state index in [2.05, 4.69) is 23.5 Å². The SMILES string of the molecule is C=C(C)CSc1ncnc2sc3c(c12)CCCC3. The van der Waals surface area contributed by atoms with E-state index in [1.54, 1.807) is 18.1 Å². The van der Waals surface area contributed by atoms with E-state index in [0.29, 0.717) is 0 Å². The molecule has 2 aromatic heterocycles. The first kappa shape index (κ1) is 12.2. The minimum absolute atomic E-state index is 0.941. The molecule has 0 saturated heterocycles. The quantitative estimate of drug-likeness (QED) is 0.476. The molecule has 0 spiro atoms. The third-order valence-electron chi connectivity index (χ3n) is 3.17. The van der Waals surface area contributed by atoms with Crippen LogP contribution < -0.4 is 0 Å². The van der Waals surface area contributed by atoms with Crippen LogP contribution in [0.2, 0.25) is 0 Å². The average Bonchev–Trinajstić information content (AvgIpc) is 2.75. The summed E-state index contributed by atoms with van der Waals surface area (Å²) in [5.74, 6) is 0.941. The van der Waals surface area contributed by atoms with Crippen molar-refractivity contribution in [1.29, 1.82) is 0 Å². The zero-order chi connectivity index (χ0) is 12.5. The second-order valence-electron chi connectivity index (χ2n) is 4.82. The third-order valence-corrected chi connectivity index (χ3v) is 5.59. The monoisotopic (exact) mass is 276 g/mol. The van der Waals surface area contributed by atoms with Gasteiger partial charge in [-0.2, -0.15) is 0 Å². The molecule has 4 heteroatoms. The Kier molecular flexibility index (Phi) is 3.39. The molecule has 94 valence electrons. The van der Waals surface area contributed by atoms with E-state index < -0.39 is 0 Å². The molecule has 0 aliphatic heterocycles. The first-order chi connectivity index (χ1) is 8.75. The molecule has 2 heterocycles. The summed E-state index contributed by atoms with van der Waals surface area (Å²) in [7, 11) is 0. The maximum atomic E-state index is 4.48. The standard InChI is InChI=1S/C14H16N2S2/c1-9(2)7-17-13-12-10-5-3-4-6-11(10)18-14(12)16-8-15-13/h8H,1,3-7H2,2H3. The van der Waals surface area contributed by atoms with E-state index >= 15 is 0 Å². The number of fused-ring (bicyclic) bond motifs is 3. The molecule has 1 aliphatic rings. The Labute approximate surface area is 116 Å². The summed E-state index contributed by atoms with van der Waals surface area (Å²) in [4.78, 5) is 11.6. The van der Waals surface area contributed by atoms with Gasteiger partial charge in [0.25, 0.3) is 0 Å². The van der Waals surface area contributed by atoms with Crippen molar-refractivity contribution >= 4 is 33.3 Å². The summed E-state index contributed by atoms with van der Waals surface area (Å²) in [6.45, 7) is 6.03. The van der Waals surface area contributed by atoms with Crippen molar-refractivity contribution in [3.05, 3.63) is 28.9 Å². The van der Waals surface area contributed by atoms with Crippen LogP contribution in [0.5, 0.6) is 0 Å². The van der Waals surface area contributed by atoms with Gasteiger partial charge in [-0.05, 0) is 38.2 Å². The number of thiophene rings is 1. The zero-order valence-corrected chi connectivity index (χ0v) is 12.2. The molecule has 0 amide bonds. The number of nitrogens with zero attached hydrogens (tertiary/aromatic N) is 2. The van der Waals surface area contributed by atoms with E-state index in [9.17, 15) is 0 Å². The average molecular weight is 276 g/mol. The lowest BCUT2D eigenvalue weighted by Crippen LogP contribution is -1.99. The molecule has 18 heavy (non-hydrogen) atoms. The lowest BCUT2D eigenvalue weighted by molar-refractivity contribution is 0.699. The van der Waals surface area contributed by atoms with E-state index in [4.69, 9.17) is 0 Å². The van der Waals surface area contributed by atoms with Crippen LogP contribution in [0.4, 0.5) is 0 Å². The minimum atomic E-state index is 0.941. The van der Waals surface area contributed by atoms with Gasteiger partial charge in [-0.3, -0.25) is 0 Å². The fourth-order valence-electron chi connectivity index (χ4n) is 2.36. The van der Waals surface area contributed by atoms with Crippen molar-refractivity contribution in [1.82, 2.24) is 9.97 Å². The highest BCUT2D eigenvalue weighted by Gasteiger charge is 2.19. The highest BCUT2D eigenvalue weighted by atomic mass is 32.2. The molecule has 0 atom stereocenters. The molecular weight excluding hydrogens is 260 g/mol. The number of thioether (sulfide) groups is 1. The Balaban J connectivity index is 2.08. The van der Waals surface area contributed by atoms with E-state index in [1.807, 2.05) is 11.3 Å². The molecule has 0 bridgehead atoms. The van der Waals surface area contributed by atoms with Crippen molar-refractivity contribution in [3.8, 4) is 0 Å². The molecule has 2 nitrogen and oxygen atoms in total. The first-order valence-electron chi connectivity index (χ1n) is 6.28. The van der Waals surface area contributed by atoms with Gasteiger partial charge in [-0.25, -0.2) is 9.97 Å². The van der Waals surface area contributed by atoms with Crippen molar-refractivity contribution in [2.45, 2.75) is 37.6 Å². The van der Waals surface area contributed by atoms with Crippen molar-refractivity contribution in [2.24, 2.45) is 0 Å². The minimum Gasteiger partial charge on any atom is -0.229 e. The Morgan fingerprint density at radius 3 is 3.06 bits per heavy atom. The summed E-state index contributed by atoms with van der Waals surface area (Å²) in [6.07, 6.45) is 6.75. The Morgan fingerprint density at radius 2 is 2.22 bits per heavy atom. The van der Waals surface area contributed by atoms with Crippen LogP contribution >= 0.6 is 23.1 Å². The van der Waals surface area contributed by atoms with E-state index in [1.165, 1.54) is 51.9 Å². The predicted octanol–water partition coefficient (Wildman–Crippen LogP) is 4.24. The van der Waals surface area contributed by atoms with Gasteiger partial charge in [0.2, 0.25) is 0 Å². The van der Waals surface area contributed by atoms with Crippen LogP contribution in [0.15, 0.2) is 23.5 Å². The molecule has 0 radical (unpaired) electrons. The molecular formula is C14H16N2S2.